The maximum absolute atomic E-state index is 12.4. The summed E-state index contributed by atoms with van der Waals surface area (Å²) >= 11 is 5.63. The fourth-order valence-corrected chi connectivity index (χ4v) is 2.24. The number of ketones is 3. The Morgan fingerprint density at radius 3 is 2.43 bits per heavy atom. The molecule has 0 atom stereocenters. The van der Waals surface area contributed by atoms with E-state index >= 15 is 0 Å². The van der Waals surface area contributed by atoms with E-state index in [0.29, 0.717) is 0 Å². The average Bonchev–Trinajstić information content (AvgIpc) is 2.88. The van der Waals surface area contributed by atoms with Gasteiger partial charge in [0.1, 0.15) is 17.8 Å². The minimum absolute atomic E-state index is 0.00513. The van der Waals surface area contributed by atoms with Crippen LogP contribution in [0.5, 0.6) is 5.75 Å². The van der Waals surface area contributed by atoms with Crippen molar-refractivity contribution in [3.05, 3.63) is 58.0 Å². The van der Waals surface area contributed by atoms with E-state index in [2.05, 4.69) is 0 Å². The Hall–Kier alpha value is -2.66. The molecule has 0 amide bonds. The number of halogens is 1. The predicted molar refractivity (Wildman–Crippen MR) is 73.4 cm³/mol. The molecular formula is C15H7ClO5. The van der Waals surface area contributed by atoms with Crippen LogP contribution >= 0.6 is 11.6 Å². The van der Waals surface area contributed by atoms with Crippen molar-refractivity contribution in [2.45, 2.75) is 0 Å². The molecule has 0 saturated heterocycles. The van der Waals surface area contributed by atoms with Gasteiger partial charge in [-0.3, -0.25) is 14.4 Å². The first-order valence-corrected chi connectivity index (χ1v) is 6.28. The van der Waals surface area contributed by atoms with Crippen molar-refractivity contribution < 1.29 is 23.9 Å². The first-order valence-electron chi connectivity index (χ1n) is 5.90. The number of furan rings is 1. The molecule has 1 aliphatic carbocycles. The molecule has 0 spiro atoms. The number of carbonyl (C=O) groups is 3. The highest BCUT2D eigenvalue weighted by atomic mass is 35.5. The predicted octanol–water partition coefficient (Wildman–Crippen LogP) is 2.56. The molecule has 21 heavy (non-hydrogen) atoms. The Morgan fingerprint density at radius 2 is 1.76 bits per heavy atom. The molecule has 2 aromatic rings. The third-order valence-corrected chi connectivity index (χ3v) is 3.38. The summed E-state index contributed by atoms with van der Waals surface area (Å²) in [5.41, 5.74) is 0.175. The molecule has 1 aromatic heterocycles. The largest absolute Gasteiger partial charge is 0.508 e. The van der Waals surface area contributed by atoms with Gasteiger partial charge in [0.15, 0.2) is 5.78 Å². The second-order valence-electron chi connectivity index (χ2n) is 4.42. The van der Waals surface area contributed by atoms with E-state index < -0.39 is 17.3 Å². The normalized spacial score (nSPS) is 13.9. The first-order chi connectivity index (χ1) is 9.99. The highest BCUT2D eigenvalue weighted by Gasteiger charge is 2.34. The van der Waals surface area contributed by atoms with Crippen LogP contribution in [0.1, 0.15) is 32.0 Å². The third kappa shape index (κ3) is 2.08. The van der Waals surface area contributed by atoms with Crippen molar-refractivity contribution in [3.8, 4) is 5.75 Å². The van der Waals surface area contributed by atoms with E-state index in [1.54, 1.807) is 0 Å². The van der Waals surface area contributed by atoms with Gasteiger partial charge in [0.2, 0.25) is 11.6 Å². The van der Waals surface area contributed by atoms with Gasteiger partial charge >= 0.3 is 0 Å². The van der Waals surface area contributed by atoms with Crippen molar-refractivity contribution in [1.82, 2.24) is 0 Å². The van der Waals surface area contributed by atoms with Gasteiger partial charge in [-0.05, 0) is 24.3 Å². The summed E-state index contributed by atoms with van der Waals surface area (Å²) in [7, 11) is 0. The monoisotopic (exact) mass is 302 g/mol. The molecule has 1 heterocycles. The first kappa shape index (κ1) is 13.3. The Bertz CT molecular complexity index is 811. The zero-order valence-electron chi connectivity index (χ0n) is 10.4. The molecule has 0 bridgehead atoms. The number of hydrogen-bond acceptors (Lipinski definition) is 5. The molecule has 0 radical (unpaired) electrons. The van der Waals surface area contributed by atoms with Gasteiger partial charge in [0.05, 0.1) is 16.2 Å². The van der Waals surface area contributed by atoms with Crippen molar-refractivity contribution in [2.24, 2.45) is 0 Å². The quantitative estimate of drug-likeness (QED) is 0.680. The zero-order valence-corrected chi connectivity index (χ0v) is 11.2. The fourth-order valence-electron chi connectivity index (χ4n) is 2.05. The van der Waals surface area contributed by atoms with E-state index in [4.69, 9.17) is 16.0 Å². The highest BCUT2D eigenvalue weighted by Crippen LogP contribution is 2.29. The number of phenolic OH excluding ortho intramolecular Hbond substituents is 1. The van der Waals surface area contributed by atoms with E-state index in [1.165, 1.54) is 30.3 Å². The molecule has 0 fully saturated rings. The Morgan fingerprint density at radius 1 is 1.10 bits per heavy atom. The summed E-state index contributed by atoms with van der Waals surface area (Å²) in [5.74, 6) is -2.11. The number of allylic oxidation sites excluding steroid dienone is 1. The molecule has 6 heteroatoms. The maximum atomic E-state index is 12.4. The van der Waals surface area contributed by atoms with Crippen LogP contribution in [0.25, 0.3) is 6.08 Å². The van der Waals surface area contributed by atoms with Gasteiger partial charge < -0.3 is 9.52 Å². The number of benzene rings is 1. The van der Waals surface area contributed by atoms with Crippen LogP contribution in [0.2, 0.25) is 0 Å². The second kappa shape index (κ2) is 4.71. The van der Waals surface area contributed by atoms with Gasteiger partial charge in [-0.15, -0.1) is 0 Å². The summed E-state index contributed by atoms with van der Waals surface area (Å²) in [4.78, 5) is 35.9. The van der Waals surface area contributed by atoms with Crippen LogP contribution in [-0.4, -0.2) is 22.5 Å². The summed E-state index contributed by atoms with van der Waals surface area (Å²) in [5, 5.41) is 8.97. The topological polar surface area (TPSA) is 84.6 Å². The molecule has 1 N–H and O–H groups in total. The van der Waals surface area contributed by atoms with E-state index in [-0.39, 0.29) is 33.2 Å². The minimum Gasteiger partial charge on any atom is -0.508 e. The molecule has 1 aliphatic rings. The molecule has 0 unspecified atom stereocenters. The number of phenols is 1. The smallest absolute Gasteiger partial charge is 0.245 e. The fraction of sp³-hybridized carbons (Fsp3) is 0. The minimum atomic E-state index is -0.870. The molecule has 0 saturated carbocycles. The molecule has 3 rings (SSSR count). The van der Waals surface area contributed by atoms with Crippen LogP contribution in [-0.2, 0) is 4.79 Å². The number of fused-ring (bicyclic) bond motifs is 1. The van der Waals surface area contributed by atoms with Gasteiger partial charge in [0.25, 0.3) is 0 Å². The lowest BCUT2D eigenvalue weighted by atomic mass is 9.94. The van der Waals surface area contributed by atoms with Crippen molar-refractivity contribution in [1.29, 1.82) is 0 Å². The molecular weight excluding hydrogens is 296 g/mol. The van der Waals surface area contributed by atoms with E-state index in [0.717, 1.165) is 6.26 Å². The summed E-state index contributed by atoms with van der Waals surface area (Å²) in [6, 6.07) is 5.52. The lowest BCUT2D eigenvalue weighted by Gasteiger charge is -2.06. The van der Waals surface area contributed by atoms with Crippen LogP contribution in [0.4, 0.5) is 0 Å². The SMILES string of the molecule is O=C1C(=O)c2c(C(=O)c3ccc(O)cc3)coc2C=C1Cl. The maximum Gasteiger partial charge on any atom is 0.245 e. The third-order valence-electron chi connectivity index (χ3n) is 3.10. The van der Waals surface area contributed by atoms with Crippen LogP contribution in [0.3, 0.4) is 0 Å². The standard InChI is InChI=1S/C15H7ClO5/c16-10-5-11-12(15(20)14(10)19)9(6-21-11)13(18)7-1-3-8(17)4-2-7/h1-6,17H. The Kier molecular flexibility index (Phi) is 2.99. The van der Waals surface area contributed by atoms with E-state index in [9.17, 15) is 19.5 Å². The van der Waals surface area contributed by atoms with Crippen molar-refractivity contribution >= 4 is 35.0 Å². The molecule has 0 aliphatic heterocycles. The van der Waals surface area contributed by atoms with Crippen LogP contribution in [0.15, 0.2) is 40.0 Å². The lowest BCUT2D eigenvalue weighted by molar-refractivity contribution is -0.111. The number of carbonyl (C=O) groups excluding carboxylic acids is 3. The summed E-state index contributed by atoms with van der Waals surface area (Å²) < 4.78 is 5.14. The van der Waals surface area contributed by atoms with Gasteiger partial charge in [-0.2, -0.15) is 0 Å². The van der Waals surface area contributed by atoms with E-state index in [1.807, 2.05) is 0 Å². The van der Waals surface area contributed by atoms with Gasteiger partial charge in [0, 0.05) is 11.6 Å². The van der Waals surface area contributed by atoms with Crippen molar-refractivity contribution in [2.75, 3.05) is 0 Å². The average molecular weight is 303 g/mol. The number of Topliss-reactive ketones (excluding diaryl/α,β-unsaturated/α-hetero) is 2. The Balaban J connectivity index is 2.10. The number of aromatic hydroxyl groups is 1. The Labute approximate surface area is 123 Å². The highest BCUT2D eigenvalue weighted by molar-refractivity contribution is 6.64. The zero-order chi connectivity index (χ0) is 15.1. The second-order valence-corrected chi connectivity index (χ2v) is 4.82. The van der Waals surface area contributed by atoms with Crippen LogP contribution < -0.4 is 0 Å². The lowest BCUT2D eigenvalue weighted by Crippen LogP contribution is -2.20. The van der Waals surface area contributed by atoms with Gasteiger partial charge in [-0.25, -0.2) is 0 Å². The summed E-state index contributed by atoms with van der Waals surface area (Å²) in [6.07, 6.45) is 2.34. The van der Waals surface area contributed by atoms with Crippen LogP contribution in [0, 0.1) is 0 Å². The number of hydrogen-bond donors (Lipinski definition) is 1. The number of rotatable bonds is 2. The molecule has 5 nitrogen and oxygen atoms in total. The van der Waals surface area contributed by atoms with Gasteiger partial charge in [-0.1, -0.05) is 11.6 Å². The molecule has 1 aromatic carbocycles. The molecule has 104 valence electrons. The van der Waals surface area contributed by atoms with Crippen molar-refractivity contribution in [3.63, 3.8) is 0 Å². The summed E-state index contributed by atoms with van der Waals surface area (Å²) in [6.45, 7) is 0.